The first-order valence-electron chi connectivity index (χ1n) is 4.72. The minimum absolute atomic E-state index is 0. The van der Waals surface area contributed by atoms with Gasteiger partial charge in [-0.25, -0.2) is 4.98 Å². The van der Waals surface area contributed by atoms with Crippen molar-refractivity contribution in [1.29, 1.82) is 5.26 Å². The lowest BCUT2D eigenvalue weighted by Crippen LogP contribution is -2.44. The van der Waals surface area contributed by atoms with E-state index < -0.39 is 0 Å². The Kier molecular flexibility index (Phi) is 6.82. The molecule has 2 heterocycles. The molecule has 2 rings (SSSR count). The van der Waals surface area contributed by atoms with E-state index in [2.05, 4.69) is 21.3 Å². The number of nitrogens with one attached hydrogen (secondary N) is 1. The molecule has 4 nitrogen and oxygen atoms in total. The lowest BCUT2D eigenvalue weighted by Gasteiger charge is -2.28. The lowest BCUT2D eigenvalue weighted by atomic mass is 10.2. The Labute approximate surface area is 107 Å². The first-order chi connectivity index (χ1) is 6.92. The second kappa shape index (κ2) is 7.29. The van der Waals surface area contributed by atoms with Gasteiger partial charge in [-0.05, 0) is 12.1 Å². The summed E-state index contributed by atoms with van der Waals surface area (Å²) in [7, 11) is 0. The van der Waals surface area contributed by atoms with Crippen LogP contribution in [0.5, 0.6) is 0 Å². The third-order valence-electron chi connectivity index (χ3n) is 2.32. The molecule has 1 aromatic heterocycles. The molecule has 1 aliphatic rings. The number of anilines is 1. The maximum absolute atomic E-state index is 8.92. The highest BCUT2D eigenvalue weighted by molar-refractivity contribution is 5.85. The normalized spacial score (nSPS) is 14.3. The van der Waals surface area contributed by atoms with Crippen LogP contribution < -0.4 is 10.2 Å². The van der Waals surface area contributed by atoms with E-state index in [0.717, 1.165) is 32.0 Å². The summed E-state index contributed by atoms with van der Waals surface area (Å²) < 4.78 is 0. The predicted octanol–water partition coefficient (Wildman–Crippen LogP) is 1.21. The average Bonchev–Trinajstić information content (AvgIpc) is 2.30. The summed E-state index contributed by atoms with van der Waals surface area (Å²) in [4.78, 5) is 6.40. The van der Waals surface area contributed by atoms with Gasteiger partial charge in [0, 0.05) is 32.4 Å². The molecule has 0 radical (unpaired) electrons. The van der Waals surface area contributed by atoms with Gasteiger partial charge >= 0.3 is 0 Å². The molecule has 0 aromatic carbocycles. The van der Waals surface area contributed by atoms with Crippen molar-refractivity contribution in [3.63, 3.8) is 0 Å². The average molecular weight is 261 g/mol. The van der Waals surface area contributed by atoms with Crippen LogP contribution in [-0.2, 0) is 0 Å². The molecule has 0 amide bonds. The highest BCUT2D eigenvalue weighted by Crippen LogP contribution is 2.15. The molecule has 0 aliphatic carbocycles. The Balaban J connectivity index is 0.00000112. The molecule has 0 atom stereocenters. The van der Waals surface area contributed by atoms with E-state index in [0.29, 0.717) is 5.56 Å². The summed E-state index contributed by atoms with van der Waals surface area (Å²) in [5.41, 5.74) is 0.661. The second-order valence-electron chi connectivity index (χ2n) is 3.22. The number of aromatic nitrogens is 1. The topological polar surface area (TPSA) is 52.0 Å². The molecule has 6 heteroatoms. The molecule has 1 saturated heterocycles. The van der Waals surface area contributed by atoms with Crippen molar-refractivity contribution in [2.45, 2.75) is 0 Å². The SMILES string of the molecule is Cl.Cl.N#Cc1cccnc1N1CCNCC1. The third-order valence-corrected chi connectivity index (χ3v) is 2.32. The molecule has 0 bridgehead atoms. The fraction of sp³-hybridized carbons (Fsp3) is 0.400. The highest BCUT2D eigenvalue weighted by Gasteiger charge is 2.14. The van der Waals surface area contributed by atoms with Crippen LogP contribution in [0.2, 0.25) is 0 Å². The Morgan fingerprint density at radius 2 is 2.00 bits per heavy atom. The van der Waals surface area contributed by atoms with Crippen molar-refractivity contribution in [3.8, 4) is 6.07 Å². The smallest absolute Gasteiger partial charge is 0.146 e. The molecule has 0 saturated carbocycles. The highest BCUT2D eigenvalue weighted by atomic mass is 35.5. The Morgan fingerprint density at radius 1 is 1.31 bits per heavy atom. The van der Waals surface area contributed by atoms with Crippen LogP contribution in [0.1, 0.15) is 5.56 Å². The summed E-state index contributed by atoms with van der Waals surface area (Å²) in [6, 6.07) is 5.77. The van der Waals surface area contributed by atoms with Crippen molar-refractivity contribution in [1.82, 2.24) is 10.3 Å². The molecule has 1 aliphatic heterocycles. The van der Waals surface area contributed by atoms with Gasteiger partial charge in [0.15, 0.2) is 0 Å². The fourth-order valence-electron chi connectivity index (χ4n) is 1.61. The fourth-order valence-corrected chi connectivity index (χ4v) is 1.61. The van der Waals surface area contributed by atoms with E-state index in [1.54, 1.807) is 12.3 Å². The summed E-state index contributed by atoms with van der Waals surface area (Å²) in [5.74, 6) is 0.816. The largest absolute Gasteiger partial charge is 0.353 e. The van der Waals surface area contributed by atoms with Crippen molar-refractivity contribution in [3.05, 3.63) is 23.9 Å². The van der Waals surface area contributed by atoms with Gasteiger partial charge in [-0.3, -0.25) is 0 Å². The van der Waals surface area contributed by atoms with Crippen LogP contribution >= 0.6 is 24.8 Å². The summed E-state index contributed by atoms with van der Waals surface area (Å²) in [6.45, 7) is 3.76. The number of nitriles is 1. The summed E-state index contributed by atoms with van der Waals surface area (Å²) >= 11 is 0. The third kappa shape index (κ3) is 3.24. The van der Waals surface area contributed by atoms with Gasteiger partial charge in [-0.1, -0.05) is 0 Å². The zero-order valence-corrected chi connectivity index (χ0v) is 10.4. The van der Waals surface area contributed by atoms with E-state index in [4.69, 9.17) is 5.26 Å². The van der Waals surface area contributed by atoms with Gasteiger partial charge < -0.3 is 10.2 Å². The number of halogens is 2. The van der Waals surface area contributed by atoms with Gasteiger partial charge in [0.1, 0.15) is 11.9 Å². The molecule has 1 N–H and O–H groups in total. The first kappa shape index (κ1) is 15.0. The zero-order chi connectivity index (χ0) is 9.80. The molecule has 1 fully saturated rings. The van der Waals surface area contributed by atoms with Crippen molar-refractivity contribution in [2.24, 2.45) is 0 Å². The van der Waals surface area contributed by atoms with Crippen LogP contribution in [-0.4, -0.2) is 31.2 Å². The van der Waals surface area contributed by atoms with Crippen molar-refractivity contribution < 1.29 is 0 Å². The van der Waals surface area contributed by atoms with Gasteiger partial charge in [-0.2, -0.15) is 5.26 Å². The van der Waals surface area contributed by atoms with E-state index in [1.165, 1.54) is 0 Å². The standard InChI is InChI=1S/C10H12N4.2ClH/c11-8-9-2-1-3-13-10(9)14-6-4-12-5-7-14;;/h1-3,12H,4-7H2;2*1H. The monoisotopic (exact) mass is 260 g/mol. The predicted molar refractivity (Wildman–Crippen MR) is 68.5 cm³/mol. The molecule has 88 valence electrons. The number of hydrogen-bond acceptors (Lipinski definition) is 4. The maximum atomic E-state index is 8.92. The molecular formula is C10H14Cl2N4. The van der Waals surface area contributed by atoms with E-state index in [-0.39, 0.29) is 24.8 Å². The number of pyridine rings is 1. The minimum Gasteiger partial charge on any atom is -0.353 e. The van der Waals surface area contributed by atoms with Gasteiger partial charge in [0.2, 0.25) is 0 Å². The lowest BCUT2D eigenvalue weighted by molar-refractivity contribution is 0.584. The van der Waals surface area contributed by atoms with Crippen LogP contribution in [0.15, 0.2) is 18.3 Å². The molecule has 16 heavy (non-hydrogen) atoms. The van der Waals surface area contributed by atoms with Gasteiger partial charge in [0.05, 0.1) is 5.56 Å². The Morgan fingerprint density at radius 3 is 2.62 bits per heavy atom. The van der Waals surface area contributed by atoms with E-state index in [1.807, 2.05) is 6.07 Å². The number of rotatable bonds is 1. The summed E-state index contributed by atoms with van der Waals surface area (Å²) in [5, 5.41) is 12.2. The number of piperazine rings is 1. The molecule has 1 aromatic rings. The van der Waals surface area contributed by atoms with Crippen LogP contribution in [0.25, 0.3) is 0 Å². The Hall–Kier alpha value is -1.02. The quantitative estimate of drug-likeness (QED) is 0.825. The summed E-state index contributed by atoms with van der Waals surface area (Å²) in [6.07, 6.45) is 1.73. The minimum atomic E-state index is 0. The van der Waals surface area contributed by atoms with Crippen LogP contribution in [0.3, 0.4) is 0 Å². The van der Waals surface area contributed by atoms with Gasteiger partial charge in [0.25, 0.3) is 0 Å². The van der Waals surface area contributed by atoms with Crippen LogP contribution in [0, 0.1) is 11.3 Å². The van der Waals surface area contributed by atoms with Crippen molar-refractivity contribution in [2.75, 3.05) is 31.1 Å². The van der Waals surface area contributed by atoms with Crippen molar-refractivity contribution >= 4 is 30.6 Å². The van der Waals surface area contributed by atoms with E-state index in [9.17, 15) is 0 Å². The second-order valence-corrected chi connectivity index (χ2v) is 3.22. The maximum Gasteiger partial charge on any atom is 0.146 e. The van der Waals surface area contributed by atoms with E-state index >= 15 is 0 Å². The molecule has 0 spiro atoms. The first-order valence-corrected chi connectivity index (χ1v) is 4.72. The van der Waals surface area contributed by atoms with Gasteiger partial charge in [-0.15, -0.1) is 24.8 Å². The number of hydrogen-bond donors (Lipinski definition) is 1. The number of nitrogens with zero attached hydrogens (tertiary/aromatic N) is 3. The Bertz CT molecular complexity index is 358. The van der Waals surface area contributed by atoms with Crippen LogP contribution in [0.4, 0.5) is 5.82 Å². The molecular weight excluding hydrogens is 247 g/mol. The molecule has 0 unspecified atom stereocenters. The zero-order valence-electron chi connectivity index (χ0n) is 8.72.